The second-order valence-electron chi connectivity index (χ2n) is 3.29. The molecule has 0 aliphatic carbocycles. The third kappa shape index (κ3) is 3.38. The number of halogens is 2. The number of carbonyl (C=O) groups excluding carboxylic acids is 1. The summed E-state index contributed by atoms with van der Waals surface area (Å²) in [6.45, 7) is -0.0869. The van der Waals surface area contributed by atoms with E-state index in [1.807, 2.05) is 5.38 Å². The number of hydrogen-bond acceptors (Lipinski definition) is 3. The number of Topliss-reactive ketones (excluding diaryl/α,β-unsaturated/α-hetero) is 1. The van der Waals surface area contributed by atoms with Gasteiger partial charge in [-0.25, -0.2) is 4.39 Å². The molecule has 0 aliphatic heterocycles. The van der Waals surface area contributed by atoms with Crippen molar-refractivity contribution in [2.75, 3.05) is 6.61 Å². The minimum Gasteiger partial charge on any atom is -0.485 e. The second-order valence-corrected chi connectivity index (χ2v) is 5.16. The molecule has 17 heavy (non-hydrogen) atoms. The topological polar surface area (TPSA) is 26.3 Å². The summed E-state index contributed by atoms with van der Waals surface area (Å²) >= 11 is 4.52. The van der Waals surface area contributed by atoms with Crippen molar-refractivity contribution in [3.8, 4) is 5.75 Å². The molecule has 0 amide bonds. The Morgan fingerprint density at radius 1 is 1.41 bits per heavy atom. The molecule has 0 unspecified atom stereocenters. The molecular weight excluding hydrogens is 307 g/mol. The van der Waals surface area contributed by atoms with Crippen LogP contribution in [0.5, 0.6) is 5.75 Å². The quantitative estimate of drug-likeness (QED) is 0.800. The summed E-state index contributed by atoms with van der Waals surface area (Å²) in [6.07, 6.45) is 0. The largest absolute Gasteiger partial charge is 0.485 e. The van der Waals surface area contributed by atoms with Crippen molar-refractivity contribution in [2.24, 2.45) is 0 Å². The molecule has 0 radical (unpaired) electrons. The Balaban J connectivity index is 2.00. The van der Waals surface area contributed by atoms with Gasteiger partial charge in [-0.3, -0.25) is 4.79 Å². The molecule has 1 heterocycles. The first kappa shape index (κ1) is 12.3. The standard InChI is InChI=1S/C12H8BrFO2S/c13-8-4-9(14)6-10(5-8)16-7-11(15)12-2-1-3-17-12/h1-6H,7H2. The van der Waals surface area contributed by atoms with Crippen LogP contribution < -0.4 is 4.74 Å². The molecule has 88 valence electrons. The first-order valence-electron chi connectivity index (χ1n) is 4.81. The van der Waals surface area contributed by atoms with Crippen molar-refractivity contribution in [1.82, 2.24) is 0 Å². The van der Waals surface area contributed by atoms with E-state index in [1.54, 1.807) is 18.2 Å². The zero-order valence-corrected chi connectivity index (χ0v) is 11.1. The normalized spacial score (nSPS) is 10.2. The first-order chi connectivity index (χ1) is 8.15. The Morgan fingerprint density at radius 2 is 2.24 bits per heavy atom. The van der Waals surface area contributed by atoms with Crippen molar-refractivity contribution < 1.29 is 13.9 Å². The van der Waals surface area contributed by atoms with E-state index in [0.29, 0.717) is 15.1 Å². The minimum atomic E-state index is -0.405. The zero-order chi connectivity index (χ0) is 12.3. The van der Waals surface area contributed by atoms with E-state index >= 15 is 0 Å². The van der Waals surface area contributed by atoms with Gasteiger partial charge < -0.3 is 4.74 Å². The van der Waals surface area contributed by atoms with Gasteiger partial charge in [-0.1, -0.05) is 22.0 Å². The molecular formula is C12H8BrFO2S. The molecule has 0 saturated heterocycles. The Labute approximate surface area is 110 Å². The molecule has 2 nitrogen and oxygen atoms in total. The highest BCUT2D eigenvalue weighted by atomic mass is 79.9. The lowest BCUT2D eigenvalue weighted by Crippen LogP contribution is -2.10. The van der Waals surface area contributed by atoms with E-state index in [2.05, 4.69) is 15.9 Å². The SMILES string of the molecule is O=C(COc1cc(F)cc(Br)c1)c1cccs1. The summed E-state index contributed by atoms with van der Waals surface area (Å²) in [7, 11) is 0. The van der Waals surface area contributed by atoms with Crippen LogP contribution >= 0.6 is 27.3 Å². The van der Waals surface area contributed by atoms with E-state index in [-0.39, 0.29) is 12.4 Å². The lowest BCUT2D eigenvalue weighted by molar-refractivity contribution is 0.0925. The molecule has 0 atom stereocenters. The Bertz CT molecular complexity index is 505. The fourth-order valence-electron chi connectivity index (χ4n) is 1.27. The molecule has 0 saturated carbocycles. The number of benzene rings is 1. The van der Waals surface area contributed by atoms with Gasteiger partial charge in [0.1, 0.15) is 11.6 Å². The average molecular weight is 315 g/mol. The lowest BCUT2D eigenvalue weighted by Gasteiger charge is -2.05. The van der Waals surface area contributed by atoms with Crippen molar-refractivity contribution >= 4 is 33.0 Å². The van der Waals surface area contributed by atoms with Crippen LogP contribution in [0.1, 0.15) is 9.67 Å². The maximum atomic E-state index is 13.0. The van der Waals surface area contributed by atoms with E-state index in [9.17, 15) is 9.18 Å². The molecule has 0 bridgehead atoms. The number of ether oxygens (including phenoxy) is 1. The van der Waals surface area contributed by atoms with Crippen molar-refractivity contribution in [3.05, 3.63) is 50.9 Å². The van der Waals surface area contributed by atoms with E-state index in [1.165, 1.54) is 23.5 Å². The Kier molecular flexibility index (Phi) is 3.91. The second kappa shape index (κ2) is 5.42. The number of ketones is 1. The van der Waals surface area contributed by atoms with Gasteiger partial charge in [0.2, 0.25) is 5.78 Å². The highest BCUT2D eigenvalue weighted by molar-refractivity contribution is 9.10. The number of thiophene rings is 1. The highest BCUT2D eigenvalue weighted by Crippen LogP contribution is 2.21. The van der Waals surface area contributed by atoms with Gasteiger partial charge in [-0.2, -0.15) is 0 Å². The average Bonchev–Trinajstić information content (AvgIpc) is 2.78. The molecule has 0 N–H and O–H groups in total. The van der Waals surface area contributed by atoms with Crippen LogP contribution in [0.2, 0.25) is 0 Å². The molecule has 5 heteroatoms. The van der Waals surface area contributed by atoms with Gasteiger partial charge in [0.05, 0.1) is 4.88 Å². The third-order valence-corrected chi connectivity index (χ3v) is 3.37. The Hall–Kier alpha value is -1.20. The molecule has 0 fully saturated rings. The third-order valence-electron chi connectivity index (χ3n) is 2.00. The fraction of sp³-hybridized carbons (Fsp3) is 0.0833. The molecule has 1 aromatic carbocycles. The van der Waals surface area contributed by atoms with Gasteiger partial charge in [-0.05, 0) is 23.6 Å². The number of carbonyl (C=O) groups is 1. The molecule has 2 aromatic rings. The summed E-state index contributed by atoms with van der Waals surface area (Å²) in [5.41, 5.74) is 0. The number of rotatable bonds is 4. The van der Waals surface area contributed by atoms with Gasteiger partial charge in [0.25, 0.3) is 0 Å². The summed E-state index contributed by atoms with van der Waals surface area (Å²) < 4.78 is 18.9. The van der Waals surface area contributed by atoms with Crippen LogP contribution in [-0.4, -0.2) is 12.4 Å². The van der Waals surface area contributed by atoms with Crippen LogP contribution in [-0.2, 0) is 0 Å². The van der Waals surface area contributed by atoms with Crippen LogP contribution in [0.4, 0.5) is 4.39 Å². The summed E-state index contributed by atoms with van der Waals surface area (Å²) in [5.74, 6) is -0.180. The summed E-state index contributed by atoms with van der Waals surface area (Å²) in [5, 5.41) is 1.83. The maximum absolute atomic E-state index is 13.0. The smallest absolute Gasteiger partial charge is 0.210 e. The van der Waals surface area contributed by atoms with Crippen LogP contribution in [0.3, 0.4) is 0 Å². The molecule has 2 rings (SSSR count). The van der Waals surface area contributed by atoms with Gasteiger partial charge in [0.15, 0.2) is 6.61 Å². The van der Waals surface area contributed by atoms with Crippen molar-refractivity contribution in [3.63, 3.8) is 0 Å². The van der Waals surface area contributed by atoms with Crippen molar-refractivity contribution in [2.45, 2.75) is 0 Å². The minimum absolute atomic E-state index is 0.0869. The summed E-state index contributed by atoms with van der Waals surface area (Å²) in [6, 6.07) is 7.72. The predicted octanol–water partition coefficient (Wildman–Crippen LogP) is 3.91. The highest BCUT2D eigenvalue weighted by Gasteiger charge is 2.08. The zero-order valence-electron chi connectivity index (χ0n) is 8.65. The first-order valence-corrected chi connectivity index (χ1v) is 6.48. The predicted molar refractivity (Wildman–Crippen MR) is 68.2 cm³/mol. The Morgan fingerprint density at radius 3 is 2.88 bits per heavy atom. The van der Waals surface area contributed by atoms with Gasteiger partial charge in [-0.15, -0.1) is 11.3 Å². The van der Waals surface area contributed by atoms with Crippen LogP contribution in [0.25, 0.3) is 0 Å². The van der Waals surface area contributed by atoms with E-state index < -0.39 is 5.82 Å². The van der Waals surface area contributed by atoms with E-state index in [4.69, 9.17) is 4.74 Å². The molecule has 1 aromatic heterocycles. The van der Waals surface area contributed by atoms with Crippen LogP contribution in [0, 0.1) is 5.82 Å². The fourth-order valence-corrected chi connectivity index (χ4v) is 2.36. The van der Waals surface area contributed by atoms with Crippen molar-refractivity contribution in [1.29, 1.82) is 0 Å². The summed E-state index contributed by atoms with van der Waals surface area (Å²) in [4.78, 5) is 12.3. The molecule has 0 aliphatic rings. The monoisotopic (exact) mass is 314 g/mol. The van der Waals surface area contributed by atoms with Gasteiger partial charge in [0, 0.05) is 10.5 Å². The number of hydrogen-bond donors (Lipinski definition) is 0. The lowest BCUT2D eigenvalue weighted by atomic mass is 10.3. The van der Waals surface area contributed by atoms with Gasteiger partial charge >= 0.3 is 0 Å². The van der Waals surface area contributed by atoms with Crippen LogP contribution in [0.15, 0.2) is 40.2 Å². The van der Waals surface area contributed by atoms with E-state index in [0.717, 1.165) is 0 Å². The maximum Gasteiger partial charge on any atom is 0.210 e. The molecule has 0 spiro atoms.